The van der Waals surface area contributed by atoms with Crippen molar-refractivity contribution in [3.05, 3.63) is 29.7 Å². The number of rotatable bonds is 7. The third-order valence-corrected chi connectivity index (χ3v) is 8.87. The van der Waals surface area contributed by atoms with E-state index in [4.69, 9.17) is 11.6 Å². The summed E-state index contributed by atoms with van der Waals surface area (Å²) in [7, 11) is -4.48. The van der Waals surface area contributed by atoms with E-state index in [2.05, 4.69) is 19.9 Å². The van der Waals surface area contributed by atoms with Gasteiger partial charge in [-0.1, -0.05) is 25.4 Å². The molecule has 0 aliphatic heterocycles. The van der Waals surface area contributed by atoms with Crippen LogP contribution < -0.4 is 4.72 Å². The molecule has 0 aliphatic carbocycles. The molecule has 150 valence electrons. The van der Waals surface area contributed by atoms with Gasteiger partial charge in [-0.25, -0.2) is 4.98 Å². The minimum absolute atomic E-state index is 0.00421. The van der Waals surface area contributed by atoms with Crippen LogP contribution in [0.5, 0.6) is 0 Å². The summed E-state index contributed by atoms with van der Waals surface area (Å²) >= 11 is 6.09. The average Bonchev–Trinajstić information content (AvgIpc) is 3.11. The number of alkyl halides is 3. The van der Waals surface area contributed by atoms with Crippen molar-refractivity contribution < 1.29 is 22.2 Å². The number of hydrogen-bond donors (Lipinski definition) is 2. The first kappa shape index (κ1) is 21.4. The molecule has 0 unspecified atom stereocenters. The molecule has 2 heterocycles. The lowest BCUT2D eigenvalue weighted by Gasteiger charge is -2.42. The second-order valence-corrected chi connectivity index (χ2v) is 10.5. The van der Waals surface area contributed by atoms with Gasteiger partial charge < -0.3 is 0 Å². The Kier molecular flexibility index (Phi) is 6.00. The van der Waals surface area contributed by atoms with Crippen LogP contribution in [0.25, 0.3) is 11.3 Å². The first-order valence-electron chi connectivity index (χ1n) is 8.19. The topological polar surface area (TPSA) is 87.7 Å². The van der Waals surface area contributed by atoms with Crippen molar-refractivity contribution in [2.24, 2.45) is 0 Å². The van der Waals surface area contributed by atoms with Crippen LogP contribution >= 0.6 is 11.6 Å². The van der Waals surface area contributed by atoms with Crippen molar-refractivity contribution in [2.75, 3.05) is 11.5 Å². The van der Waals surface area contributed by atoms with E-state index < -0.39 is 33.5 Å². The number of carbonyl (C=O) groups is 1. The number of amides is 1. The molecule has 2 N–H and O–H groups in total. The Morgan fingerprint density at radius 2 is 2.07 bits per heavy atom. The molecule has 11 heteroatoms. The lowest BCUT2D eigenvalue weighted by atomic mass is 10.2. The van der Waals surface area contributed by atoms with Crippen LogP contribution in [0, 0.1) is 0 Å². The highest BCUT2D eigenvalue weighted by Gasteiger charge is 2.45. The molecule has 0 bridgehead atoms. The second kappa shape index (κ2) is 7.59. The third kappa shape index (κ3) is 4.49. The van der Waals surface area contributed by atoms with Crippen molar-refractivity contribution in [2.45, 2.75) is 37.8 Å². The van der Waals surface area contributed by atoms with E-state index in [-0.39, 0.29) is 27.9 Å². The van der Waals surface area contributed by atoms with Crippen molar-refractivity contribution in [1.29, 1.82) is 0 Å². The summed E-state index contributed by atoms with van der Waals surface area (Å²) in [6.07, 6.45) is -3.25. The minimum Gasteiger partial charge on any atom is -0.291 e. The second-order valence-electron chi connectivity index (χ2n) is 5.97. The predicted octanol–water partition coefficient (Wildman–Crippen LogP) is 3.72. The van der Waals surface area contributed by atoms with Gasteiger partial charge in [0.2, 0.25) is 5.91 Å². The molecule has 0 saturated heterocycles. The van der Waals surface area contributed by atoms with Gasteiger partial charge in [0, 0.05) is 29.7 Å². The highest BCUT2D eigenvalue weighted by Crippen LogP contribution is 2.42. The Labute approximate surface area is 159 Å². The fourth-order valence-electron chi connectivity index (χ4n) is 2.66. The Hall–Kier alpha value is -1.94. The standard InChI is InChI=1S/C16H20ClF3N4O2S/c1-3-13(25)24-27(26,4-2,9-7-16(18,19)20)12-10-22-23-14(12)11-6-5-8-21-15(11)17/h5-6,8,10H,3-4,7,9H2,1-2H3,(H,22,23)(H,24,25,26). The van der Waals surface area contributed by atoms with Crippen molar-refractivity contribution in [3.8, 4) is 11.3 Å². The van der Waals surface area contributed by atoms with Gasteiger partial charge in [0.1, 0.15) is 5.15 Å². The van der Waals surface area contributed by atoms with Crippen LogP contribution in [0.4, 0.5) is 13.2 Å². The van der Waals surface area contributed by atoms with Crippen LogP contribution in [-0.2, 0) is 14.0 Å². The SMILES string of the molecule is CCC(=O)NS(=O)(CC)(CCC(F)(F)F)c1cn[nH]c1-c1cccnc1Cl. The number of halogens is 4. The maximum Gasteiger partial charge on any atom is 0.390 e. The van der Waals surface area contributed by atoms with Gasteiger partial charge in [0.25, 0.3) is 0 Å². The molecule has 27 heavy (non-hydrogen) atoms. The first-order chi connectivity index (χ1) is 12.5. The highest BCUT2D eigenvalue weighted by molar-refractivity contribution is 8.18. The Morgan fingerprint density at radius 1 is 1.37 bits per heavy atom. The number of carbonyl (C=O) groups excluding carboxylic acids is 1. The monoisotopic (exact) mass is 424 g/mol. The van der Waals surface area contributed by atoms with E-state index in [0.29, 0.717) is 5.56 Å². The molecule has 0 aliphatic rings. The smallest absolute Gasteiger partial charge is 0.291 e. The number of H-pyrrole nitrogens is 1. The molecule has 2 rings (SSSR count). The molecule has 6 nitrogen and oxygen atoms in total. The summed E-state index contributed by atoms with van der Waals surface area (Å²) in [6.45, 7) is 3.00. The number of hydrogen-bond acceptors (Lipinski definition) is 4. The van der Waals surface area contributed by atoms with E-state index in [1.807, 2.05) is 0 Å². The number of aromatic amines is 1. The van der Waals surface area contributed by atoms with Crippen molar-refractivity contribution in [1.82, 2.24) is 19.9 Å². The molecule has 0 aromatic carbocycles. The molecular weight excluding hydrogens is 405 g/mol. The zero-order chi connectivity index (χ0) is 20.3. The maximum atomic E-state index is 14.2. The van der Waals surface area contributed by atoms with Crippen LogP contribution in [0.3, 0.4) is 0 Å². The van der Waals surface area contributed by atoms with Gasteiger partial charge in [0.05, 0.1) is 23.2 Å². The minimum atomic E-state index is -4.54. The first-order valence-corrected chi connectivity index (χ1v) is 10.9. The van der Waals surface area contributed by atoms with Crippen LogP contribution in [0.2, 0.25) is 5.15 Å². The number of pyridine rings is 1. The van der Waals surface area contributed by atoms with Gasteiger partial charge >= 0.3 is 6.18 Å². The number of aromatic nitrogens is 3. The lowest BCUT2D eigenvalue weighted by Crippen LogP contribution is -2.55. The van der Waals surface area contributed by atoms with Gasteiger partial charge in [-0.3, -0.25) is 18.8 Å². The summed E-state index contributed by atoms with van der Waals surface area (Å²) in [5, 5.41) is 6.56. The summed E-state index contributed by atoms with van der Waals surface area (Å²) in [5.74, 6) is -1.61. The fourth-order valence-corrected chi connectivity index (χ4v) is 6.31. The molecule has 2 aromatic rings. The molecule has 0 radical (unpaired) electrons. The van der Waals surface area contributed by atoms with E-state index in [9.17, 15) is 22.2 Å². The van der Waals surface area contributed by atoms with Crippen LogP contribution in [0.15, 0.2) is 29.4 Å². The Morgan fingerprint density at radius 3 is 2.63 bits per heavy atom. The summed E-state index contributed by atoms with van der Waals surface area (Å²) in [5.41, 5.74) is 0.502. The Balaban J connectivity index is 2.69. The van der Waals surface area contributed by atoms with Crippen molar-refractivity contribution >= 4 is 26.8 Å². The van der Waals surface area contributed by atoms with Gasteiger partial charge in [-0.2, -0.15) is 18.3 Å². The average molecular weight is 425 g/mol. The summed E-state index contributed by atoms with van der Waals surface area (Å²) < 4.78 is 55.4. The summed E-state index contributed by atoms with van der Waals surface area (Å²) in [6, 6.07) is 3.15. The molecular formula is C16H20ClF3N4O2S. The molecule has 1 amide bonds. The number of nitrogens with one attached hydrogen (secondary N) is 2. The zero-order valence-electron chi connectivity index (χ0n) is 14.8. The van der Waals surface area contributed by atoms with E-state index in [1.54, 1.807) is 12.1 Å². The van der Waals surface area contributed by atoms with Crippen LogP contribution in [-0.4, -0.2) is 43.0 Å². The van der Waals surface area contributed by atoms with E-state index >= 15 is 0 Å². The molecule has 0 atom stereocenters. The van der Waals surface area contributed by atoms with E-state index in [0.717, 1.165) is 0 Å². The van der Waals surface area contributed by atoms with Gasteiger partial charge in [-0.15, -0.1) is 0 Å². The van der Waals surface area contributed by atoms with Crippen LogP contribution in [0.1, 0.15) is 26.7 Å². The molecule has 0 spiro atoms. The fraction of sp³-hybridized carbons (Fsp3) is 0.438. The highest BCUT2D eigenvalue weighted by atomic mass is 35.5. The molecule has 2 aromatic heterocycles. The zero-order valence-corrected chi connectivity index (χ0v) is 16.3. The number of nitrogens with zero attached hydrogens (tertiary/aromatic N) is 2. The van der Waals surface area contributed by atoms with E-state index in [1.165, 1.54) is 26.2 Å². The molecule has 0 saturated carbocycles. The summed E-state index contributed by atoms with van der Waals surface area (Å²) in [4.78, 5) is 16.0. The molecule has 0 fully saturated rings. The predicted molar refractivity (Wildman–Crippen MR) is 97.8 cm³/mol. The maximum absolute atomic E-state index is 14.2. The lowest BCUT2D eigenvalue weighted by molar-refractivity contribution is -0.130. The third-order valence-electron chi connectivity index (χ3n) is 4.24. The Bertz CT molecular complexity index is 900. The van der Waals surface area contributed by atoms with Gasteiger partial charge in [-0.05, 0) is 21.4 Å². The normalized spacial score (nSPS) is 13.8. The largest absolute Gasteiger partial charge is 0.390 e. The van der Waals surface area contributed by atoms with Crippen molar-refractivity contribution in [3.63, 3.8) is 0 Å². The van der Waals surface area contributed by atoms with Gasteiger partial charge in [0.15, 0.2) is 0 Å². The quantitative estimate of drug-likeness (QED) is 0.663.